The highest BCUT2D eigenvalue weighted by Crippen LogP contribution is 2.48. The third kappa shape index (κ3) is 3.10. The molecule has 5 heteroatoms. The van der Waals surface area contributed by atoms with Gasteiger partial charge in [0.05, 0.1) is 7.11 Å². The van der Waals surface area contributed by atoms with Crippen LogP contribution in [0.4, 0.5) is 0 Å². The molecule has 2 N–H and O–H groups in total. The van der Waals surface area contributed by atoms with Crippen LogP contribution in [0.25, 0.3) is 0 Å². The van der Waals surface area contributed by atoms with Crippen molar-refractivity contribution >= 4 is 11.9 Å². The van der Waals surface area contributed by atoms with Crippen LogP contribution in [0.3, 0.4) is 0 Å². The van der Waals surface area contributed by atoms with E-state index in [1.54, 1.807) is 14.0 Å². The summed E-state index contributed by atoms with van der Waals surface area (Å²) in [5, 5.41) is 11.5. The summed E-state index contributed by atoms with van der Waals surface area (Å²) in [6.07, 6.45) is 1.15. The highest BCUT2D eigenvalue weighted by atomic mass is 16.5. The number of amides is 1. The van der Waals surface area contributed by atoms with E-state index in [-0.39, 0.29) is 17.7 Å². The fraction of sp³-hybridized carbons (Fsp3) is 0.467. The predicted octanol–water partition coefficient (Wildman–Crippen LogP) is 1.78. The van der Waals surface area contributed by atoms with Gasteiger partial charge in [0, 0.05) is 5.92 Å². The second kappa shape index (κ2) is 5.94. The fourth-order valence-corrected chi connectivity index (χ4v) is 2.34. The number of carbonyl (C=O) groups excluding carboxylic acids is 1. The molecule has 1 fully saturated rings. The van der Waals surface area contributed by atoms with E-state index in [9.17, 15) is 9.59 Å². The summed E-state index contributed by atoms with van der Waals surface area (Å²) >= 11 is 0. The normalized spacial score (nSPS) is 21.9. The van der Waals surface area contributed by atoms with Gasteiger partial charge in [0.15, 0.2) is 0 Å². The monoisotopic (exact) mass is 277 g/mol. The SMILES string of the molecule is CCC(NC(=O)C1CC1c1cccc(OC)c1)C(=O)O. The van der Waals surface area contributed by atoms with E-state index in [1.165, 1.54) is 0 Å². The zero-order chi connectivity index (χ0) is 14.7. The Bertz CT molecular complexity index is 514. The molecule has 0 saturated heterocycles. The number of carboxylic acid groups (broad SMARTS) is 1. The Morgan fingerprint density at radius 3 is 2.85 bits per heavy atom. The highest BCUT2D eigenvalue weighted by molar-refractivity contribution is 5.87. The van der Waals surface area contributed by atoms with Gasteiger partial charge in [-0.2, -0.15) is 0 Å². The maximum absolute atomic E-state index is 12.0. The number of carboxylic acids is 1. The van der Waals surface area contributed by atoms with E-state index < -0.39 is 12.0 Å². The van der Waals surface area contributed by atoms with E-state index >= 15 is 0 Å². The molecule has 1 amide bonds. The number of hydrogen-bond donors (Lipinski definition) is 2. The molecule has 108 valence electrons. The minimum Gasteiger partial charge on any atom is -0.497 e. The molecule has 0 aromatic heterocycles. The number of ether oxygens (including phenoxy) is 1. The van der Waals surface area contributed by atoms with Crippen LogP contribution in [0.15, 0.2) is 24.3 Å². The summed E-state index contributed by atoms with van der Waals surface area (Å²) in [5.74, 6) is -0.357. The summed E-state index contributed by atoms with van der Waals surface area (Å²) in [6.45, 7) is 1.74. The van der Waals surface area contributed by atoms with Crippen LogP contribution in [0.1, 0.15) is 31.2 Å². The van der Waals surface area contributed by atoms with Gasteiger partial charge in [0.1, 0.15) is 11.8 Å². The first-order valence-electron chi connectivity index (χ1n) is 6.74. The van der Waals surface area contributed by atoms with E-state index in [1.807, 2.05) is 24.3 Å². The molecular formula is C15H19NO4. The zero-order valence-electron chi connectivity index (χ0n) is 11.6. The van der Waals surface area contributed by atoms with Crippen LogP contribution in [-0.4, -0.2) is 30.1 Å². The Balaban J connectivity index is 1.96. The Labute approximate surface area is 117 Å². The second-order valence-corrected chi connectivity index (χ2v) is 5.03. The van der Waals surface area contributed by atoms with Crippen LogP contribution < -0.4 is 10.1 Å². The van der Waals surface area contributed by atoms with E-state index in [0.29, 0.717) is 6.42 Å². The molecule has 1 saturated carbocycles. The molecule has 1 aliphatic rings. The minimum atomic E-state index is -0.987. The van der Waals surface area contributed by atoms with Gasteiger partial charge in [0.25, 0.3) is 0 Å². The van der Waals surface area contributed by atoms with Crippen molar-refractivity contribution in [3.05, 3.63) is 29.8 Å². The molecular weight excluding hydrogens is 258 g/mol. The van der Waals surface area contributed by atoms with Crippen LogP contribution in [-0.2, 0) is 9.59 Å². The lowest BCUT2D eigenvalue weighted by Crippen LogP contribution is -2.41. The van der Waals surface area contributed by atoms with Gasteiger partial charge in [-0.1, -0.05) is 19.1 Å². The number of rotatable bonds is 6. The summed E-state index contributed by atoms with van der Waals surface area (Å²) in [7, 11) is 1.61. The van der Waals surface area contributed by atoms with Gasteiger partial charge in [-0.3, -0.25) is 4.79 Å². The fourth-order valence-electron chi connectivity index (χ4n) is 2.34. The van der Waals surface area contributed by atoms with E-state index in [0.717, 1.165) is 17.7 Å². The maximum Gasteiger partial charge on any atom is 0.326 e. The van der Waals surface area contributed by atoms with Crippen LogP contribution in [0.2, 0.25) is 0 Å². The smallest absolute Gasteiger partial charge is 0.326 e. The minimum absolute atomic E-state index is 0.129. The third-order valence-corrected chi connectivity index (χ3v) is 3.67. The van der Waals surface area contributed by atoms with Crippen molar-refractivity contribution in [1.82, 2.24) is 5.32 Å². The molecule has 3 unspecified atom stereocenters. The Morgan fingerprint density at radius 2 is 2.25 bits per heavy atom. The van der Waals surface area contributed by atoms with Crippen molar-refractivity contribution in [3.63, 3.8) is 0 Å². The number of methoxy groups -OCH3 is 1. The van der Waals surface area contributed by atoms with Crippen molar-refractivity contribution in [2.75, 3.05) is 7.11 Å². The highest BCUT2D eigenvalue weighted by Gasteiger charge is 2.44. The molecule has 1 aromatic carbocycles. The number of nitrogens with one attached hydrogen (secondary N) is 1. The van der Waals surface area contributed by atoms with Crippen molar-refractivity contribution in [3.8, 4) is 5.75 Å². The molecule has 0 heterocycles. The lowest BCUT2D eigenvalue weighted by molar-refractivity contribution is -0.142. The van der Waals surface area contributed by atoms with Crippen molar-refractivity contribution in [2.45, 2.75) is 31.7 Å². The van der Waals surface area contributed by atoms with Crippen LogP contribution >= 0.6 is 0 Å². The lowest BCUT2D eigenvalue weighted by Gasteiger charge is -2.12. The molecule has 2 rings (SSSR count). The average Bonchev–Trinajstić information content (AvgIpc) is 3.24. The van der Waals surface area contributed by atoms with Gasteiger partial charge in [0.2, 0.25) is 5.91 Å². The average molecular weight is 277 g/mol. The predicted molar refractivity (Wildman–Crippen MR) is 73.7 cm³/mol. The molecule has 0 bridgehead atoms. The zero-order valence-corrected chi connectivity index (χ0v) is 11.6. The first kappa shape index (κ1) is 14.4. The van der Waals surface area contributed by atoms with Crippen LogP contribution in [0.5, 0.6) is 5.75 Å². The van der Waals surface area contributed by atoms with E-state index in [2.05, 4.69) is 5.32 Å². The summed E-state index contributed by atoms with van der Waals surface area (Å²) in [5.41, 5.74) is 1.06. The number of benzene rings is 1. The molecule has 20 heavy (non-hydrogen) atoms. The Hall–Kier alpha value is -2.04. The van der Waals surface area contributed by atoms with Gasteiger partial charge < -0.3 is 15.2 Å². The first-order chi connectivity index (χ1) is 9.56. The number of carbonyl (C=O) groups is 2. The standard InChI is InChI=1S/C15H19NO4/c1-3-13(15(18)19)16-14(17)12-8-11(12)9-5-4-6-10(7-9)20-2/h4-7,11-13H,3,8H2,1-2H3,(H,16,17)(H,18,19). The molecule has 1 aromatic rings. The Kier molecular flexibility index (Phi) is 4.27. The molecule has 0 aliphatic heterocycles. The van der Waals surface area contributed by atoms with E-state index in [4.69, 9.17) is 9.84 Å². The molecule has 0 spiro atoms. The van der Waals surface area contributed by atoms with Crippen molar-refractivity contribution < 1.29 is 19.4 Å². The third-order valence-electron chi connectivity index (χ3n) is 3.67. The molecule has 5 nitrogen and oxygen atoms in total. The first-order valence-corrected chi connectivity index (χ1v) is 6.74. The largest absolute Gasteiger partial charge is 0.497 e. The van der Waals surface area contributed by atoms with Gasteiger partial charge in [-0.15, -0.1) is 0 Å². The topological polar surface area (TPSA) is 75.6 Å². The number of aliphatic carboxylic acids is 1. The Morgan fingerprint density at radius 1 is 1.50 bits per heavy atom. The maximum atomic E-state index is 12.0. The second-order valence-electron chi connectivity index (χ2n) is 5.03. The van der Waals surface area contributed by atoms with Crippen molar-refractivity contribution in [2.24, 2.45) is 5.92 Å². The summed E-state index contributed by atoms with van der Waals surface area (Å²) in [4.78, 5) is 22.9. The summed E-state index contributed by atoms with van der Waals surface area (Å²) < 4.78 is 5.16. The molecule has 3 atom stereocenters. The van der Waals surface area contributed by atoms with Gasteiger partial charge in [-0.25, -0.2) is 4.79 Å². The van der Waals surface area contributed by atoms with Gasteiger partial charge in [-0.05, 0) is 36.5 Å². The summed E-state index contributed by atoms with van der Waals surface area (Å²) in [6, 6.07) is 6.85. The quantitative estimate of drug-likeness (QED) is 0.831. The lowest BCUT2D eigenvalue weighted by atomic mass is 10.1. The van der Waals surface area contributed by atoms with Crippen LogP contribution in [0, 0.1) is 5.92 Å². The van der Waals surface area contributed by atoms with Crippen molar-refractivity contribution in [1.29, 1.82) is 0 Å². The number of hydrogen-bond acceptors (Lipinski definition) is 3. The van der Waals surface area contributed by atoms with Gasteiger partial charge >= 0.3 is 5.97 Å². The molecule has 1 aliphatic carbocycles. The molecule has 0 radical (unpaired) electrons.